The normalized spacial score (nSPS) is 19.2. The number of rotatable bonds is 2. The highest BCUT2D eigenvalue weighted by Crippen LogP contribution is 2.37. The van der Waals surface area contributed by atoms with Crippen LogP contribution in [0.15, 0.2) is 41.2 Å². The van der Waals surface area contributed by atoms with E-state index in [9.17, 15) is 23.5 Å². The van der Waals surface area contributed by atoms with E-state index in [0.29, 0.717) is 11.3 Å². The topological polar surface area (TPSA) is 82.6 Å². The van der Waals surface area contributed by atoms with Gasteiger partial charge in [0.15, 0.2) is 17.2 Å². The number of carbonyl (C=O) groups is 1. The second-order valence-electron chi connectivity index (χ2n) is 8.26. The Morgan fingerprint density at radius 1 is 1.16 bits per heavy atom. The fourth-order valence-electron chi connectivity index (χ4n) is 4.76. The molecule has 0 spiro atoms. The highest BCUT2D eigenvalue weighted by Gasteiger charge is 2.45. The molecule has 0 fully saturated rings. The Kier molecular flexibility index (Phi) is 4.46. The minimum Gasteiger partial charge on any atom is -0.379 e. The zero-order valence-electron chi connectivity index (χ0n) is 16.7. The van der Waals surface area contributed by atoms with E-state index in [-0.39, 0.29) is 36.8 Å². The Labute approximate surface area is 176 Å². The Hall–Kier alpha value is -3.10. The van der Waals surface area contributed by atoms with Gasteiger partial charge in [-0.15, -0.1) is 0 Å². The number of halogens is 2. The highest BCUT2D eigenvalue weighted by atomic mass is 19.2. The Balaban J connectivity index is 1.57. The lowest BCUT2D eigenvalue weighted by molar-refractivity contribution is -0.153. The van der Waals surface area contributed by atoms with Crippen LogP contribution in [0.3, 0.4) is 0 Å². The predicted molar refractivity (Wildman–Crippen MR) is 108 cm³/mol. The van der Waals surface area contributed by atoms with Crippen LogP contribution in [-0.4, -0.2) is 40.2 Å². The molecule has 1 amide bonds. The summed E-state index contributed by atoms with van der Waals surface area (Å²) in [5.74, 6) is -2.69. The van der Waals surface area contributed by atoms with Crippen molar-refractivity contribution in [2.75, 3.05) is 13.7 Å². The summed E-state index contributed by atoms with van der Waals surface area (Å²) in [6.07, 6.45) is 0.387. The zero-order chi connectivity index (χ0) is 21.9. The second kappa shape index (κ2) is 6.96. The molecule has 1 atom stereocenters. The quantitative estimate of drug-likeness (QED) is 0.659. The lowest BCUT2D eigenvalue weighted by atomic mass is 9.92. The average Bonchev–Trinajstić information content (AvgIpc) is 3.11. The summed E-state index contributed by atoms with van der Waals surface area (Å²) >= 11 is 0. The van der Waals surface area contributed by atoms with Gasteiger partial charge in [0.25, 0.3) is 11.5 Å². The molecule has 0 unspecified atom stereocenters. The minimum atomic E-state index is -1.61. The number of ether oxygens (including phenoxy) is 1. The summed E-state index contributed by atoms with van der Waals surface area (Å²) in [7, 11) is 1.54. The number of aliphatic hydroxyl groups is 1. The molecule has 2 aromatic carbocycles. The first-order valence-corrected chi connectivity index (χ1v) is 9.96. The number of nitrogens with one attached hydrogen (secondary N) is 1. The third-order valence-electron chi connectivity index (χ3n) is 6.31. The molecule has 6 nitrogen and oxygen atoms in total. The van der Waals surface area contributed by atoms with Crippen molar-refractivity contribution in [3.05, 3.63) is 80.8 Å². The van der Waals surface area contributed by atoms with E-state index in [1.807, 2.05) is 24.3 Å². The van der Waals surface area contributed by atoms with Crippen molar-refractivity contribution in [3.63, 3.8) is 0 Å². The van der Waals surface area contributed by atoms with E-state index in [0.717, 1.165) is 23.3 Å². The third-order valence-corrected chi connectivity index (χ3v) is 6.31. The molecule has 1 aromatic heterocycles. The molecular formula is C23H20F2N2O4. The molecule has 31 heavy (non-hydrogen) atoms. The monoisotopic (exact) mass is 426 g/mol. The molecule has 3 aromatic rings. The number of amides is 1. The summed E-state index contributed by atoms with van der Waals surface area (Å²) in [5, 5.41) is 11.4. The number of benzene rings is 2. The summed E-state index contributed by atoms with van der Waals surface area (Å²) in [6.45, 7) is 0.173. The van der Waals surface area contributed by atoms with Gasteiger partial charge >= 0.3 is 0 Å². The van der Waals surface area contributed by atoms with Gasteiger partial charge in [-0.05, 0) is 28.6 Å². The van der Waals surface area contributed by atoms with Crippen LogP contribution in [0.2, 0.25) is 0 Å². The SMILES string of the molecule is CN(C(=O)C1(O)Cc2ccccc2C1)[C@H]1COCc2[nH]c(=O)c3cc(F)c(F)cc3c21. The number of fused-ring (bicyclic) bond motifs is 4. The fraction of sp³-hybridized carbons (Fsp3) is 0.304. The van der Waals surface area contributed by atoms with Crippen LogP contribution in [0.5, 0.6) is 0 Å². The number of likely N-dealkylation sites (N-methyl/N-ethyl adjacent to an activating group) is 1. The van der Waals surface area contributed by atoms with Crippen molar-refractivity contribution in [2.24, 2.45) is 0 Å². The summed E-state index contributed by atoms with van der Waals surface area (Å²) in [5.41, 5.74) is 0.566. The molecule has 8 heteroatoms. The van der Waals surface area contributed by atoms with Gasteiger partial charge in [-0.1, -0.05) is 24.3 Å². The number of aromatic amines is 1. The maximum Gasteiger partial charge on any atom is 0.256 e. The van der Waals surface area contributed by atoms with Crippen molar-refractivity contribution >= 4 is 16.7 Å². The number of hydrogen-bond donors (Lipinski definition) is 2. The number of H-pyrrole nitrogens is 1. The summed E-state index contributed by atoms with van der Waals surface area (Å²) < 4.78 is 33.4. The number of hydrogen-bond acceptors (Lipinski definition) is 4. The highest BCUT2D eigenvalue weighted by molar-refractivity contribution is 5.90. The molecule has 1 aliphatic heterocycles. The first-order chi connectivity index (χ1) is 14.8. The standard InChI is InChI=1S/C23H20F2N2O4/c1-27(22(29)23(30)8-12-4-2-3-5-13(12)9-23)19-11-31-10-18-20(19)14-6-16(24)17(25)7-15(14)21(28)26-18/h2-7,19,30H,8-11H2,1H3,(H,26,28)/t19-/m0/s1. The molecule has 2 aliphatic rings. The van der Waals surface area contributed by atoms with Gasteiger partial charge in [0, 0.05) is 31.1 Å². The van der Waals surface area contributed by atoms with Crippen LogP contribution in [-0.2, 0) is 29.0 Å². The molecule has 5 rings (SSSR count). The minimum absolute atomic E-state index is 0.00242. The van der Waals surface area contributed by atoms with Gasteiger partial charge in [-0.3, -0.25) is 9.59 Å². The number of pyridine rings is 1. The molecule has 2 heterocycles. The van der Waals surface area contributed by atoms with Gasteiger partial charge in [0.1, 0.15) is 0 Å². The lowest BCUT2D eigenvalue weighted by Crippen LogP contribution is -2.51. The Bertz CT molecular complexity index is 1260. The van der Waals surface area contributed by atoms with Gasteiger partial charge in [0.05, 0.1) is 24.6 Å². The molecule has 0 saturated carbocycles. The van der Waals surface area contributed by atoms with E-state index in [4.69, 9.17) is 4.74 Å². The first-order valence-electron chi connectivity index (χ1n) is 9.96. The van der Waals surface area contributed by atoms with Crippen molar-refractivity contribution in [2.45, 2.75) is 31.1 Å². The van der Waals surface area contributed by atoms with E-state index in [1.54, 1.807) is 7.05 Å². The van der Waals surface area contributed by atoms with Gasteiger partial charge in [-0.25, -0.2) is 8.78 Å². The van der Waals surface area contributed by atoms with Crippen LogP contribution >= 0.6 is 0 Å². The van der Waals surface area contributed by atoms with Crippen molar-refractivity contribution < 1.29 is 23.4 Å². The maximum atomic E-state index is 14.1. The lowest BCUT2D eigenvalue weighted by Gasteiger charge is -2.37. The summed E-state index contributed by atoms with van der Waals surface area (Å²) in [4.78, 5) is 29.8. The largest absolute Gasteiger partial charge is 0.379 e. The fourth-order valence-corrected chi connectivity index (χ4v) is 4.76. The zero-order valence-corrected chi connectivity index (χ0v) is 16.7. The van der Waals surface area contributed by atoms with E-state index in [2.05, 4.69) is 4.98 Å². The molecule has 0 saturated heterocycles. The molecule has 0 bridgehead atoms. The van der Waals surface area contributed by atoms with Crippen molar-refractivity contribution in [1.29, 1.82) is 0 Å². The molecular weight excluding hydrogens is 406 g/mol. The van der Waals surface area contributed by atoms with Crippen LogP contribution in [0.4, 0.5) is 8.78 Å². The van der Waals surface area contributed by atoms with Crippen LogP contribution < -0.4 is 5.56 Å². The first kappa shape index (κ1) is 19.8. The van der Waals surface area contributed by atoms with E-state index in [1.165, 1.54) is 4.90 Å². The molecule has 1 aliphatic carbocycles. The van der Waals surface area contributed by atoms with Crippen molar-refractivity contribution in [3.8, 4) is 0 Å². The molecule has 2 N–H and O–H groups in total. The maximum absolute atomic E-state index is 14.1. The van der Waals surface area contributed by atoms with E-state index < -0.39 is 34.7 Å². The Morgan fingerprint density at radius 2 is 1.77 bits per heavy atom. The smallest absolute Gasteiger partial charge is 0.256 e. The number of carbonyl (C=O) groups excluding carboxylic acids is 1. The summed E-state index contributed by atoms with van der Waals surface area (Å²) in [6, 6.07) is 8.65. The molecule has 160 valence electrons. The van der Waals surface area contributed by atoms with Crippen LogP contribution in [0.25, 0.3) is 10.8 Å². The van der Waals surface area contributed by atoms with Crippen LogP contribution in [0.1, 0.15) is 28.4 Å². The number of nitrogens with zero attached hydrogens (tertiary/aromatic N) is 1. The second-order valence-corrected chi connectivity index (χ2v) is 8.26. The molecule has 0 radical (unpaired) electrons. The van der Waals surface area contributed by atoms with Gasteiger partial charge in [-0.2, -0.15) is 0 Å². The Morgan fingerprint density at radius 3 is 2.42 bits per heavy atom. The van der Waals surface area contributed by atoms with Gasteiger partial charge in [0.2, 0.25) is 0 Å². The van der Waals surface area contributed by atoms with E-state index >= 15 is 0 Å². The van der Waals surface area contributed by atoms with Crippen LogP contribution in [0, 0.1) is 11.6 Å². The van der Waals surface area contributed by atoms with Gasteiger partial charge < -0.3 is 19.7 Å². The number of aromatic nitrogens is 1. The average molecular weight is 426 g/mol. The predicted octanol–water partition coefficient (Wildman–Crippen LogP) is 2.37. The van der Waals surface area contributed by atoms with Crippen molar-refractivity contribution in [1.82, 2.24) is 9.88 Å². The third kappa shape index (κ3) is 3.05.